The number of nitrogens with zero attached hydrogens (tertiary/aromatic N) is 3. The van der Waals surface area contributed by atoms with Crippen LogP contribution in [-0.4, -0.2) is 47.8 Å². The van der Waals surface area contributed by atoms with Crippen molar-refractivity contribution in [2.24, 2.45) is 0 Å². The van der Waals surface area contributed by atoms with Crippen LogP contribution in [0, 0.1) is 0 Å². The van der Waals surface area contributed by atoms with Crippen molar-refractivity contribution in [2.45, 2.75) is 46.1 Å². The summed E-state index contributed by atoms with van der Waals surface area (Å²) in [5.41, 5.74) is 0.813. The normalized spacial score (nSPS) is 16.1. The zero-order valence-corrected chi connectivity index (χ0v) is 14.3. The Hall–Kier alpha value is -1.78. The summed E-state index contributed by atoms with van der Waals surface area (Å²) in [6.45, 7) is 12.9. The fourth-order valence-electron chi connectivity index (χ4n) is 2.55. The van der Waals surface area contributed by atoms with Gasteiger partial charge in [-0.05, 0) is 38.3 Å². The van der Waals surface area contributed by atoms with Crippen LogP contribution in [0.2, 0.25) is 0 Å². The van der Waals surface area contributed by atoms with Gasteiger partial charge in [0.1, 0.15) is 11.4 Å². The molecule has 5 heteroatoms. The summed E-state index contributed by atoms with van der Waals surface area (Å²) in [5.74, 6) is 1.48. The van der Waals surface area contributed by atoms with E-state index in [0.29, 0.717) is 19.0 Å². The maximum absolute atomic E-state index is 12.1. The highest BCUT2D eigenvalue weighted by Gasteiger charge is 2.27. The Morgan fingerprint density at radius 2 is 1.86 bits per heavy atom. The van der Waals surface area contributed by atoms with E-state index in [1.165, 1.54) is 5.56 Å². The van der Waals surface area contributed by atoms with Gasteiger partial charge < -0.3 is 14.5 Å². The molecule has 0 aromatic carbocycles. The molecule has 0 radical (unpaired) electrons. The Labute approximate surface area is 133 Å². The number of carbonyl (C=O) groups is 1. The van der Waals surface area contributed by atoms with E-state index in [2.05, 4.69) is 29.8 Å². The molecule has 0 saturated carbocycles. The Bertz CT molecular complexity index is 515. The fraction of sp³-hybridized carbons (Fsp3) is 0.647. The van der Waals surface area contributed by atoms with Gasteiger partial charge in [0.25, 0.3) is 0 Å². The summed E-state index contributed by atoms with van der Waals surface area (Å²) in [6, 6.07) is 4.11. The first-order chi connectivity index (χ1) is 10.3. The quantitative estimate of drug-likeness (QED) is 0.841. The van der Waals surface area contributed by atoms with E-state index in [9.17, 15) is 4.79 Å². The van der Waals surface area contributed by atoms with Gasteiger partial charge in [0.2, 0.25) is 0 Å². The molecule has 0 bridgehead atoms. The van der Waals surface area contributed by atoms with Crippen molar-refractivity contribution in [3.8, 4) is 0 Å². The number of rotatable bonds is 2. The second-order valence-corrected chi connectivity index (χ2v) is 7.03. The first-order valence-corrected chi connectivity index (χ1v) is 7.96. The third-order valence-electron chi connectivity index (χ3n) is 3.67. The summed E-state index contributed by atoms with van der Waals surface area (Å²) in [6.07, 6.45) is 1.61. The molecule has 2 heterocycles. The Balaban J connectivity index is 2.00. The molecule has 1 saturated heterocycles. The molecular formula is C17H27N3O2. The van der Waals surface area contributed by atoms with Crippen LogP contribution in [-0.2, 0) is 4.74 Å². The van der Waals surface area contributed by atoms with E-state index in [0.717, 1.165) is 18.9 Å². The molecule has 1 aromatic rings. The first-order valence-electron chi connectivity index (χ1n) is 7.96. The van der Waals surface area contributed by atoms with Gasteiger partial charge in [-0.15, -0.1) is 0 Å². The highest BCUT2D eigenvalue weighted by Crippen LogP contribution is 2.26. The van der Waals surface area contributed by atoms with Gasteiger partial charge >= 0.3 is 6.09 Å². The van der Waals surface area contributed by atoms with Crippen LogP contribution < -0.4 is 4.90 Å². The maximum atomic E-state index is 12.1. The fourth-order valence-corrected chi connectivity index (χ4v) is 2.55. The zero-order valence-electron chi connectivity index (χ0n) is 14.3. The van der Waals surface area contributed by atoms with Crippen molar-refractivity contribution < 1.29 is 9.53 Å². The summed E-state index contributed by atoms with van der Waals surface area (Å²) in [5, 5.41) is 0. The van der Waals surface area contributed by atoms with Crippen LogP contribution in [0.1, 0.15) is 46.1 Å². The van der Waals surface area contributed by atoms with Gasteiger partial charge in [0, 0.05) is 32.4 Å². The number of piperazine rings is 1. The molecule has 22 heavy (non-hydrogen) atoms. The number of anilines is 1. The molecule has 122 valence electrons. The molecule has 0 N–H and O–H groups in total. The van der Waals surface area contributed by atoms with E-state index in [4.69, 9.17) is 4.74 Å². The molecule has 1 aliphatic heterocycles. The number of hydrogen-bond acceptors (Lipinski definition) is 4. The third-order valence-corrected chi connectivity index (χ3v) is 3.67. The third kappa shape index (κ3) is 4.12. The molecule has 0 aliphatic carbocycles. The van der Waals surface area contributed by atoms with E-state index >= 15 is 0 Å². The van der Waals surface area contributed by atoms with E-state index in [1.54, 1.807) is 4.90 Å². The number of aromatic nitrogens is 1. The van der Waals surface area contributed by atoms with Crippen molar-refractivity contribution in [1.82, 2.24) is 9.88 Å². The standard InChI is InChI=1S/C17H27N3O2/c1-13(2)14-7-6-8-18-15(14)19-9-11-20(12-10-19)16(21)22-17(3,4)5/h6-8,13H,9-12H2,1-5H3. The van der Waals surface area contributed by atoms with E-state index in [1.807, 2.05) is 33.0 Å². The Morgan fingerprint density at radius 3 is 2.41 bits per heavy atom. The minimum atomic E-state index is -0.444. The zero-order chi connectivity index (χ0) is 16.3. The molecule has 1 fully saturated rings. The first kappa shape index (κ1) is 16.6. The second-order valence-electron chi connectivity index (χ2n) is 7.03. The van der Waals surface area contributed by atoms with Crippen molar-refractivity contribution >= 4 is 11.9 Å². The summed E-state index contributed by atoms with van der Waals surface area (Å²) in [4.78, 5) is 20.7. The van der Waals surface area contributed by atoms with E-state index in [-0.39, 0.29) is 6.09 Å². The molecule has 1 amide bonds. The minimum absolute atomic E-state index is 0.225. The SMILES string of the molecule is CC(C)c1cccnc1N1CCN(C(=O)OC(C)(C)C)CC1. The lowest BCUT2D eigenvalue weighted by atomic mass is 10.0. The molecule has 1 aromatic heterocycles. The number of hydrogen-bond donors (Lipinski definition) is 0. The van der Waals surface area contributed by atoms with Gasteiger partial charge in [-0.1, -0.05) is 19.9 Å². The largest absolute Gasteiger partial charge is 0.444 e. The summed E-state index contributed by atoms with van der Waals surface area (Å²) < 4.78 is 5.43. The Kier molecular flexibility index (Phi) is 4.94. The second kappa shape index (κ2) is 6.55. The van der Waals surface area contributed by atoms with Crippen LogP contribution in [0.4, 0.5) is 10.6 Å². The van der Waals surface area contributed by atoms with Crippen molar-refractivity contribution in [3.05, 3.63) is 23.9 Å². The molecule has 0 spiro atoms. The number of ether oxygens (including phenoxy) is 1. The highest BCUT2D eigenvalue weighted by atomic mass is 16.6. The number of carbonyl (C=O) groups excluding carboxylic acids is 1. The number of pyridine rings is 1. The Morgan fingerprint density at radius 1 is 1.23 bits per heavy atom. The monoisotopic (exact) mass is 305 g/mol. The van der Waals surface area contributed by atoms with Crippen molar-refractivity contribution in [3.63, 3.8) is 0 Å². The molecule has 0 atom stereocenters. The average molecular weight is 305 g/mol. The smallest absolute Gasteiger partial charge is 0.410 e. The predicted molar refractivity (Wildman–Crippen MR) is 88.3 cm³/mol. The lowest BCUT2D eigenvalue weighted by molar-refractivity contribution is 0.0240. The van der Waals surface area contributed by atoms with E-state index < -0.39 is 5.60 Å². The van der Waals surface area contributed by atoms with Crippen LogP contribution in [0.3, 0.4) is 0 Å². The lowest BCUT2D eigenvalue weighted by Crippen LogP contribution is -2.50. The van der Waals surface area contributed by atoms with Crippen LogP contribution >= 0.6 is 0 Å². The summed E-state index contributed by atoms with van der Waals surface area (Å²) >= 11 is 0. The minimum Gasteiger partial charge on any atom is -0.444 e. The number of amides is 1. The van der Waals surface area contributed by atoms with Gasteiger partial charge in [-0.25, -0.2) is 9.78 Å². The molecule has 0 unspecified atom stereocenters. The van der Waals surface area contributed by atoms with Gasteiger partial charge in [0.15, 0.2) is 0 Å². The van der Waals surface area contributed by atoms with Gasteiger partial charge in [0.05, 0.1) is 0 Å². The van der Waals surface area contributed by atoms with Gasteiger partial charge in [-0.3, -0.25) is 0 Å². The molecular weight excluding hydrogens is 278 g/mol. The van der Waals surface area contributed by atoms with Crippen LogP contribution in [0.25, 0.3) is 0 Å². The van der Waals surface area contributed by atoms with Crippen molar-refractivity contribution in [2.75, 3.05) is 31.1 Å². The molecule has 1 aliphatic rings. The predicted octanol–water partition coefficient (Wildman–Crippen LogP) is 3.26. The topological polar surface area (TPSA) is 45.7 Å². The van der Waals surface area contributed by atoms with Crippen molar-refractivity contribution in [1.29, 1.82) is 0 Å². The molecule has 2 rings (SSSR count). The lowest BCUT2D eigenvalue weighted by Gasteiger charge is -2.37. The van der Waals surface area contributed by atoms with Crippen LogP contribution in [0.15, 0.2) is 18.3 Å². The van der Waals surface area contributed by atoms with Gasteiger partial charge in [-0.2, -0.15) is 0 Å². The average Bonchev–Trinajstić information content (AvgIpc) is 2.45. The summed E-state index contributed by atoms with van der Waals surface area (Å²) in [7, 11) is 0. The maximum Gasteiger partial charge on any atom is 0.410 e. The van der Waals surface area contributed by atoms with Crippen LogP contribution in [0.5, 0.6) is 0 Å². The molecule has 5 nitrogen and oxygen atoms in total. The highest BCUT2D eigenvalue weighted by molar-refractivity contribution is 5.68.